The van der Waals surface area contributed by atoms with Crippen LogP contribution in [0.1, 0.15) is 19.4 Å². The van der Waals surface area contributed by atoms with Gasteiger partial charge in [0.25, 0.3) is 0 Å². The van der Waals surface area contributed by atoms with Crippen molar-refractivity contribution in [3.05, 3.63) is 29.8 Å². The zero-order chi connectivity index (χ0) is 12.7. The minimum atomic E-state index is 0. The molecule has 0 aliphatic carbocycles. The van der Waals surface area contributed by atoms with Crippen LogP contribution in [0.2, 0.25) is 0 Å². The summed E-state index contributed by atoms with van der Waals surface area (Å²) < 4.78 is 0. The van der Waals surface area contributed by atoms with Crippen LogP contribution in [0.3, 0.4) is 0 Å². The summed E-state index contributed by atoms with van der Waals surface area (Å²) in [6, 6.07) is 8.55. The van der Waals surface area contributed by atoms with Crippen LogP contribution in [0.5, 0.6) is 0 Å². The smallest absolute Gasteiger partial charge is 0.0319 e. The van der Waals surface area contributed by atoms with Crippen molar-refractivity contribution in [3.8, 4) is 0 Å². The molecule has 96 valence electrons. The van der Waals surface area contributed by atoms with Gasteiger partial charge < -0.3 is 15.3 Å². The zero-order valence-electron chi connectivity index (χ0n) is 10.9. The van der Waals surface area contributed by atoms with Gasteiger partial charge in [-0.1, -0.05) is 26.2 Å². The van der Waals surface area contributed by atoms with Crippen LogP contribution in [-0.4, -0.2) is 36.6 Å². The van der Waals surface area contributed by atoms with Gasteiger partial charge in [-0.2, -0.15) is 17.7 Å². The normalized spacial score (nSPS) is 7.06. The van der Waals surface area contributed by atoms with Crippen LogP contribution in [0.25, 0.3) is 0 Å². The van der Waals surface area contributed by atoms with Crippen molar-refractivity contribution < 1.29 is 37.0 Å². The van der Waals surface area contributed by atoms with Crippen LogP contribution in [0.4, 0.5) is 0 Å². The van der Waals surface area contributed by atoms with Gasteiger partial charge in [-0.15, -0.1) is 0 Å². The first kappa shape index (κ1) is 25.0. The minimum Gasteiger partial charge on any atom is -0.400 e. The van der Waals surface area contributed by atoms with Crippen molar-refractivity contribution in [2.45, 2.75) is 20.3 Å². The van der Waals surface area contributed by atoms with Gasteiger partial charge in [0.15, 0.2) is 0 Å². The van der Waals surface area contributed by atoms with Crippen LogP contribution >= 0.6 is 0 Å². The molecule has 4 heteroatoms. The fourth-order valence-electron chi connectivity index (χ4n) is 1.02. The Kier molecular flexibility index (Phi) is 37.8. The molecule has 0 amide bonds. The van der Waals surface area contributed by atoms with Gasteiger partial charge in [0.05, 0.1) is 0 Å². The predicted molar refractivity (Wildman–Crippen MR) is 65.0 cm³/mol. The Labute approximate surface area is 114 Å². The van der Waals surface area contributed by atoms with Gasteiger partial charge >= 0.3 is 0 Å². The van der Waals surface area contributed by atoms with E-state index in [1.807, 2.05) is 0 Å². The van der Waals surface area contributed by atoms with E-state index in [1.54, 1.807) is 0 Å². The molecule has 1 rings (SSSR count). The van der Waals surface area contributed by atoms with E-state index in [4.69, 9.17) is 15.3 Å². The Bertz CT molecular complexity index is 163. The first-order valence-electron chi connectivity index (χ1n) is 4.84. The molecule has 0 heterocycles. The van der Waals surface area contributed by atoms with Crippen LogP contribution in [0.15, 0.2) is 24.3 Å². The second-order valence-corrected chi connectivity index (χ2v) is 2.89. The molecular formula is C12H25O3Ti-. The van der Waals surface area contributed by atoms with Gasteiger partial charge in [-0.3, -0.25) is 0 Å². The number of aliphatic hydroxyl groups is 3. The third-order valence-electron chi connectivity index (χ3n) is 1.38. The quantitative estimate of drug-likeness (QED) is 0.560. The molecule has 0 radical (unpaired) electrons. The maximum Gasteiger partial charge on any atom is 0.0319 e. The molecular weight excluding hydrogens is 240 g/mol. The largest absolute Gasteiger partial charge is 0.400 e. The summed E-state index contributed by atoms with van der Waals surface area (Å²) in [7, 11) is 3.00. The molecule has 0 fully saturated rings. The first-order chi connectivity index (χ1) is 7.29. The van der Waals surface area contributed by atoms with Crippen LogP contribution < -0.4 is 0 Å². The molecule has 16 heavy (non-hydrogen) atoms. The van der Waals surface area contributed by atoms with Gasteiger partial charge in [-0.05, 0) is 0 Å². The number of hydrogen-bond acceptors (Lipinski definition) is 3. The molecule has 1 aromatic carbocycles. The van der Waals surface area contributed by atoms with Gasteiger partial charge in [0, 0.05) is 43.0 Å². The van der Waals surface area contributed by atoms with E-state index in [0.717, 1.165) is 27.2 Å². The third-order valence-corrected chi connectivity index (χ3v) is 1.38. The van der Waals surface area contributed by atoms with E-state index in [1.165, 1.54) is 12.0 Å². The van der Waals surface area contributed by atoms with E-state index in [0.29, 0.717) is 0 Å². The molecule has 0 aliphatic heterocycles. The number of aliphatic hydroxyl groups excluding tert-OH is 3. The Morgan fingerprint density at radius 2 is 1.19 bits per heavy atom. The molecule has 0 saturated carbocycles. The van der Waals surface area contributed by atoms with Crippen molar-refractivity contribution in [1.29, 1.82) is 0 Å². The number of rotatable bonds is 2. The van der Waals surface area contributed by atoms with E-state index in [9.17, 15) is 0 Å². The van der Waals surface area contributed by atoms with Gasteiger partial charge in [-0.25, -0.2) is 12.1 Å². The Hall–Kier alpha value is -0.0557. The summed E-state index contributed by atoms with van der Waals surface area (Å²) in [5.41, 5.74) is 1.46. The summed E-state index contributed by atoms with van der Waals surface area (Å²) >= 11 is 0. The fourth-order valence-corrected chi connectivity index (χ4v) is 1.02. The molecule has 0 atom stereocenters. The monoisotopic (exact) mass is 265 g/mol. The average molecular weight is 265 g/mol. The first-order valence-corrected chi connectivity index (χ1v) is 4.84. The molecule has 0 aliphatic rings. The summed E-state index contributed by atoms with van der Waals surface area (Å²) in [6.07, 6.45) is 1.22. The van der Waals surface area contributed by atoms with Crippen molar-refractivity contribution in [3.63, 3.8) is 0 Å². The summed E-state index contributed by atoms with van der Waals surface area (Å²) in [5, 5.41) is 21.0. The second kappa shape index (κ2) is 24.3. The molecule has 3 N–H and O–H groups in total. The van der Waals surface area contributed by atoms with Gasteiger partial charge in [0.2, 0.25) is 0 Å². The topological polar surface area (TPSA) is 60.7 Å². The van der Waals surface area contributed by atoms with E-state index < -0.39 is 0 Å². The van der Waals surface area contributed by atoms with E-state index in [2.05, 4.69) is 38.1 Å². The summed E-state index contributed by atoms with van der Waals surface area (Å²) in [4.78, 5) is 0. The molecule has 3 nitrogen and oxygen atoms in total. The Morgan fingerprint density at radius 1 is 0.875 bits per heavy atom. The van der Waals surface area contributed by atoms with Crippen molar-refractivity contribution in [2.75, 3.05) is 21.3 Å². The minimum absolute atomic E-state index is 0. The molecule has 1 aromatic rings. The summed E-state index contributed by atoms with van der Waals surface area (Å²) in [6.45, 7) is 4.49. The van der Waals surface area contributed by atoms with Crippen molar-refractivity contribution in [2.24, 2.45) is 5.92 Å². The Balaban J connectivity index is -0.0000000900. The number of hydrogen-bond donors (Lipinski definition) is 3. The molecule has 0 bridgehead atoms. The van der Waals surface area contributed by atoms with Crippen molar-refractivity contribution in [1.82, 2.24) is 0 Å². The van der Waals surface area contributed by atoms with Gasteiger partial charge in [0.1, 0.15) is 0 Å². The van der Waals surface area contributed by atoms with Crippen molar-refractivity contribution >= 4 is 0 Å². The fraction of sp³-hybridized carbons (Fsp3) is 0.583. The molecule has 0 spiro atoms. The molecule has 0 unspecified atom stereocenters. The second-order valence-electron chi connectivity index (χ2n) is 2.89. The van der Waals surface area contributed by atoms with E-state index >= 15 is 0 Å². The standard InChI is InChI=1S/C9H13.3CH4O.Ti/c1-8(2)7-9-5-3-4-6-9;3*1-2;/h3-6,8H,7H2,1-2H3;3*2H,1H3;/q-1;;;;. The van der Waals surface area contributed by atoms with E-state index in [-0.39, 0.29) is 21.7 Å². The summed E-state index contributed by atoms with van der Waals surface area (Å²) in [5.74, 6) is 0.785. The third kappa shape index (κ3) is 19.5. The zero-order valence-corrected chi connectivity index (χ0v) is 12.5. The SMILES string of the molecule is CC(C)C[c-]1cccc1.CO.CO.CO.[Ti]. The maximum atomic E-state index is 7.00. The Morgan fingerprint density at radius 3 is 1.44 bits per heavy atom. The molecule has 0 saturated heterocycles. The van der Waals surface area contributed by atoms with Crippen LogP contribution in [0, 0.1) is 5.92 Å². The predicted octanol–water partition coefficient (Wildman–Crippen LogP) is 1.43. The molecule has 0 aromatic heterocycles. The average Bonchev–Trinajstić information content (AvgIpc) is 2.78. The van der Waals surface area contributed by atoms with Crippen LogP contribution in [-0.2, 0) is 28.1 Å². The maximum absolute atomic E-state index is 7.00.